The van der Waals surface area contributed by atoms with Crippen LogP contribution in [0.2, 0.25) is 0 Å². The van der Waals surface area contributed by atoms with Crippen molar-refractivity contribution in [1.29, 1.82) is 5.26 Å². The van der Waals surface area contributed by atoms with E-state index >= 15 is 4.39 Å². The summed E-state index contributed by atoms with van der Waals surface area (Å²) in [6, 6.07) is 9.41. The van der Waals surface area contributed by atoms with E-state index in [0.717, 1.165) is 11.3 Å². The highest BCUT2D eigenvalue weighted by molar-refractivity contribution is 6.08. The molecule has 11 heteroatoms. The fourth-order valence-corrected chi connectivity index (χ4v) is 4.97. The van der Waals surface area contributed by atoms with Crippen molar-refractivity contribution in [2.75, 3.05) is 18.0 Å². The largest absolute Gasteiger partial charge is 0.443 e. The van der Waals surface area contributed by atoms with Gasteiger partial charge in [0.1, 0.15) is 11.4 Å². The maximum Gasteiger partial charge on any atom is 0.417 e. The van der Waals surface area contributed by atoms with Gasteiger partial charge in [-0.2, -0.15) is 10.4 Å². The summed E-state index contributed by atoms with van der Waals surface area (Å²) in [5, 5.41) is 24.8. The predicted octanol–water partition coefficient (Wildman–Crippen LogP) is 4.19. The Morgan fingerprint density at radius 3 is 2.72 bits per heavy atom. The minimum absolute atomic E-state index is 0.00771. The Morgan fingerprint density at radius 1 is 1.26 bits per heavy atom. The fourth-order valence-electron chi connectivity index (χ4n) is 4.97. The van der Waals surface area contributed by atoms with Crippen LogP contribution in [-0.2, 0) is 11.3 Å². The molecule has 1 fully saturated rings. The van der Waals surface area contributed by atoms with Gasteiger partial charge >= 0.3 is 6.09 Å². The maximum atomic E-state index is 15.0. The van der Waals surface area contributed by atoms with Crippen molar-refractivity contribution in [3.05, 3.63) is 59.2 Å². The summed E-state index contributed by atoms with van der Waals surface area (Å²) in [6.45, 7) is 7.81. The number of rotatable bonds is 3. The van der Waals surface area contributed by atoms with Crippen LogP contribution in [-0.4, -0.2) is 61.1 Å². The number of fused-ring (bicyclic) bond motifs is 1. The summed E-state index contributed by atoms with van der Waals surface area (Å²) in [5.41, 5.74) is -0.804. The molecule has 1 atom stereocenters. The molecule has 10 nitrogen and oxygen atoms in total. The third kappa shape index (κ3) is 5.07. The Balaban J connectivity index is 1.63. The highest BCUT2D eigenvalue weighted by atomic mass is 19.1. The molecule has 2 aliphatic rings. The number of ether oxygens (including phenoxy) is 1. The number of hydrogen-bond acceptors (Lipinski definition) is 8. The fraction of sp³-hybridized carbons (Fsp3) is 0.393. The molecule has 2 aliphatic heterocycles. The van der Waals surface area contributed by atoms with Crippen molar-refractivity contribution in [2.45, 2.75) is 58.3 Å². The minimum atomic E-state index is -0.852. The van der Waals surface area contributed by atoms with Gasteiger partial charge in [0.15, 0.2) is 5.82 Å². The van der Waals surface area contributed by atoms with Crippen LogP contribution in [0.15, 0.2) is 36.5 Å². The number of carbonyl (C=O) groups excluding carboxylic acids is 2. The molecule has 0 spiro atoms. The number of halogens is 1. The SMILES string of the molecule is CC(C)(C)OC(=O)N1Cc2nc(-c3c(F)cccc3C#N)cc(-n3ccc(N4CCC[C@@](C)(O)C4)n3)c2C1=O. The number of piperidine rings is 1. The number of amides is 2. The van der Waals surface area contributed by atoms with Crippen LogP contribution in [0.5, 0.6) is 0 Å². The number of carbonyl (C=O) groups is 2. The van der Waals surface area contributed by atoms with E-state index in [0.29, 0.717) is 25.3 Å². The molecule has 0 unspecified atom stereocenters. The van der Waals surface area contributed by atoms with Crippen LogP contribution in [0, 0.1) is 17.1 Å². The first-order valence-electron chi connectivity index (χ1n) is 12.7. The van der Waals surface area contributed by atoms with Gasteiger partial charge < -0.3 is 14.7 Å². The summed E-state index contributed by atoms with van der Waals surface area (Å²) < 4.78 is 21.9. The van der Waals surface area contributed by atoms with Gasteiger partial charge in [-0.3, -0.25) is 4.79 Å². The quantitative estimate of drug-likeness (QED) is 0.533. The second kappa shape index (κ2) is 9.47. The van der Waals surface area contributed by atoms with Gasteiger partial charge in [0, 0.05) is 25.4 Å². The van der Waals surface area contributed by atoms with E-state index in [1.807, 2.05) is 11.0 Å². The van der Waals surface area contributed by atoms with Crippen LogP contribution in [0.3, 0.4) is 0 Å². The zero-order valence-electron chi connectivity index (χ0n) is 22.2. The minimum Gasteiger partial charge on any atom is -0.443 e. The average Bonchev–Trinajstić information content (AvgIpc) is 3.47. The van der Waals surface area contributed by atoms with E-state index in [2.05, 4.69) is 10.1 Å². The zero-order chi connectivity index (χ0) is 28.1. The normalized spacial score (nSPS) is 19.2. The predicted molar refractivity (Wildman–Crippen MR) is 140 cm³/mol. The topological polar surface area (TPSA) is 125 Å². The molecule has 39 heavy (non-hydrogen) atoms. The number of nitriles is 1. The van der Waals surface area contributed by atoms with E-state index in [-0.39, 0.29) is 40.3 Å². The van der Waals surface area contributed by atoms with Gasteiger partial charge in [-0.1, -0.05) is 6.07 Å². The molecule has 2 aromatic heterocycles. The zero-order valence-corrected chi connectivity index (χ0v) is 22.2. The molecule has 5 rings (SSSR count). The van der Waals surface area contributed by atoms with E-state index in [1.54, 1.807) is 40.0 Å². The first-order valence-corrected chi connectivity index (χ1v) is 12.7. The molecule has 0 saturated carbocycles. The van der Waals surface area contributed by atoms with E-state index in [4.69, 9.17) is 4.74 Å². The van der Waals surface area contributed by atoms with Crippen molar-refractivity contribution < 1.29 is 23.8 Å². The summed E-state index contributed by atoms with van der Waals surface area (Å²) in [4.78, 5) is 33.8. The van der Waals surface area contributed by atoms with Crippen molar-refractivity contribution in [3.8, 4) is 23.0 Å². The third-order valence-electron chi connectivity index (χ3n) is 6.67. The van der Waals surface area contributed by atoms with Crippen molar-refractivity contribution in [1.82, 2.24) is 19.7 Å². The summed E-state index contributed by atoms with van der Waals surface area (Å²) in [7, 11) is 0. The van der Waals surface area contributed by atoms with Crippen LogP contribution in [0.1, 0.15) is 62.2 Å². The molecule has 0 bridgehead atoms. The van der Waals surface area contributed by atoms with E-state index in [9.17, 15) is 20.0 Å². The maximum absolute atomic E-state index is 15.0. The molecule has 3 aromatic rings. The number of β-amino-alcohol motifs (C(OH)–C–C–N with tert-alkyl or cyclic N) is 1. The lowest BCUT2D eigenvalue weighted by Crippen LogP contribution is -2.46. The van der Waals surface area contributed by atoms with E-state index in [1.165, 1.54) is 28.9 Å². The Morgan fingerprint density at radius 2 is 2.03 bits per heavy atom. The Bertz CT molecular complexity index is 1520. The summed E-state index contributed by atoms with van der Waals surface area (Å²) in [5.74, 6) is -0.655. The molecule has 0 radical (unpaired) electrons. The number of pyridine rings is 1. The van der Waals surface area contributed by atoms with Crippen LogP contribution < -0.4 is 4.90 Å². The first-order chi connectivity index (χ1) is 18.4. The number of benzene rings is 1. The molecular weight excluding hydrogens is 503 g/mol. The highest BCUT2D eigenvalue weighted by Crippen LogP contribution is 2.35. The molecule has 1 saturated heterocycles. The number of aromatic nitrogens is 3. The smallest absolute Gasteiger partial charge is 0.417 e. The Kier molecular flexibility index (Phi) is 6.39. The molecule has 4 heterocycles. The number of nitrogens with zero attached hydrogens (tertiary/aromatic N) is 6. The molecule has 0 aliphatic carbocycles. The standard InChI is InChI=1S/C28H29FN6O4/c1-27(2,3)39-26(37)34-15-20-24(25(34)36)21(13-19(31-20)23-17(14-30)7-5-8-18(23)29)35-12-9-22(32-35)33-11-6-10-28(4,38)16-33/h5,7-9,12-13,38H,6,10-11,15-16H2,1-4H3/t28-/m1/s1. The van der Waals surface area contributed by atoms with Crippen molar-refractivity contribution >= 4 is 17.8 Å². The lowest BCUT2D eigenvalue weighted by atomic mass is 9.95. The van der Waals surface area contributed by atoms with Gasteiger partial charge in [-0.05, 0) is 58.7 Å². The van der Waals surface area contributed by atoms with Crippen molar-refractivity contribution in [3.63, 3.8) is 0 Å². The molecule has 2 amide bonds. The first kappa shape index (κ1) is 26.3. The van der Waals surface area contributed by atoms with Gasteiger partial charge in [0.05, 0.1) is 52.0 Å². The second-order valence-electron chi connectivity index (χ2n) is 11.1. The number of hydrogen-bond donors (Lipinski definition) is 1. The number of imide groups is 1. The van der Waals surface area contributed by atoms with Crippen LogP contribution in [0.25, 0.3) is 16.9 Å². The second-order valence-corrected chi connectivity index (χ2v) is 11.1. The highest BCUT2D eigenvalue weighted by Gasteiger charge is 2.39. The molecular formula is C28H29FN6O4. The number of aliphatic hydroxyl groups is 1. The Labute approximate surface area is 225 Å². The molecule has 202 valence electrons. The van der Waals surface area contributed by atoms with E-state index < -0.39 is 29.0 Å². The lowest BCUT2D eigenvalue weighted by molar-refractivity contribution is 0.0246. The van der Waals surface area contributed by atoms with Gasteiger partial charge in [-0.25, -0.2) is 23.8 Å². The third-order valence-corrected chi connectivity index (χ3v) is 6.67. The van der Waals surface area contributed by atoms with Gasteiger partial charge in [-0.15, -0.1) is 0 Å². The monoisotopic (exact) mass is 532 g/mol. The lowest BCUT2D eigenvalue weighted by Gasteiger charge is -2.36. The van der Waals surface area contributed by atoms with Crippen LogP contribution >= 0.6 is 0 Å². The molecule has 1 N–H and O–H groups in total. The van der Waals surface area contributed by atoms with Crippen LogP contribution in [0.4, 0.5) is 15.0 Å². The van der Waals surface area contributed by atoms with Crippen molar-refractivity contribution in [2.24, 2.45) is 0 Å². The molecule has 1 aromatic carbocycles. The summed E-state index contributed by atoms with van der Waals surface area (Å²) >= 11 is 0. The van der Waals surface area contributed by atoms with Gasteiger partial charge in [0.25, 0.3) is 5.91 Å². The van der Waals surface area contributed by atoms with Gasteiger partial charge in [0.2, 0.25) is 0 Å². The average molecular weight is 533 g/mol. The number of anilines is 1. The Hall–Kier alpha value is -4.30. The summed E-state index contributed by atoms with van der Waals surface area (Å²) in [6.07, 6.45) is 2.32.